The number of carbonyl (C=O) groups excluding carboxylic acids is 4. The Morgan fingerprint density at radius 1 is 1.16 bits per heavy atom. The number of imide groups is 2. The lowest BCUT2D eigenvalue weighted by molar-refractivity contribution is -0.136. The standard InChI is InChI=1S/C22H26N4O5/c27-17-6-5-16(19(28)24-17)26-20(29)15-4-1-3-14(18(15)21(26)30)11-25-9-10-31-22(13-25)7-2-8-23-12-22/h1,3-4,16,23H,2,5-13H2,(H,24,27,28). The van der Waals surface area contributed by atoms with E-state index in [2.05, 4.69) is 15.5 Å². The van der Waals surface area contributed by atoms with E-state index in [1.807, 2.05) is 6.07 Å². The summed E-state index contributed by atoms with van der Waals surface area (Å²) in [5.41, 5.74) is 1.29. The molecule has 2 N–H and O–H groups in total. The molecular formula is C22H26N4O5. The van der Waals surface area contributed by atoms with Crippen LogP contribution in [0, 0.1) is 0 Å². The first-order valence-corrected chi connectivity index (χ1v) is 10.9. The van der Waals surface area contributed by atoms with E-state index in [0.717, 1.165) is 49.5 Å². The topological polar surface area (TPSA) is 108 Å². The molecule has 0 bridgehead atoms. The van der Waals surface area contributed by atoms with Crippen LogP contribution in [0.2, 0.25) is 0 Å². The summed E-state index contributed by atoms with van der Waals surface area (Å²) in [7, 11) is 0. The van der Waals surface area contributed by atoms with E-state index in [4.69, 9.17) is 4.74 Å². The monoisotopic (exact) mass is 426 g/mol. The van der Waals surface area contributed by atoms with Crippen molar-refractivity contribution in [1.29, 1.82) is 0 Å². The first kappa shape index (κ1) is 20.3. The molecule has 4 aliphatic rings. The number of hydrogen-bond acceptors (Lipinski definition) is 7. The molecule has 3 saturated heterocycles. The second-order valence-electron chi connectivity index (χ2n) is 8.81. The van der Waals surface area contributed by atoms with Crippen LogP contribution in [0.1, 0.15) is 52.0 Å². The van der Waals surface area contributed by atoms with Crippen molar-refractivity contribution < 1.29 is 23.9 Å². The van der Waals surface area contributed by atoms with Crippen molar-refractivity contribution in [3.63, 3.8) is 0 Å². The predicted molar refractivity (Wildman–Crippen MR) is 109 cm³/mol. The average molecular weight is 426 g/mol. The van der Waals surface area contributed by atoms with Gasteiger partial charge in [0, 0.05) is 32.6 Å². The summed E-state index contributed by atoms with van der Waals surface area (Å²) in [6.45, 7) is 4.51. The molecule has 1 aromatic rings. The van der Waals surface area contributed by atoms with E-state index in [1.54, 1.807) is 12.1 Å². The van der Waals surface area contributed by atoms with Gasteiger partial charge in [-0.1, -0.05) is 12.1 Å². The highest BCUT2D eigenvalue weighted by Crippen LogP contribution is 2.32. The molecular weight excluding hydrogens is 400 g/mol. The predicted octanol–water partition coefficient (Wildman–Crippen LogP) is 0.0422. The molecule has 1 spiro atoms. The van der Waals surface area contributed by atoms with Crippen LogP contribution in [0.3, 0.4) is 0 Å². The Morgan fingerprint density at radius 2 is 2.03 bits per heavy atom. The van der Waals surface area contributed by atoms with Gasteiger partial charge in [-0.3, -0.25) is 34.3 Å². The number of nitrogens with one attached hydrogen (secondary N) is 2. The fourth-order valence-electron chi connectivity index (χ4n) is 5.21. The van der Waals surface area contributed by atoms with E-state index in [9.17, 15) is 19.2 Å². The summed E-state index contributed by atoms with van der Waals surface area (Å²) in [5, 5.41) is 5.65. The molecule has 3 fully saturated rings. The summed E-state index contributed by atoms with van der Waals surface area (Å²) in [6.07, 6.45) is 2.34. The SMILES string of the molecule is O=C1CCC(N2C(=O)c3cccc(CN4CCOC5(CCCNC5)C4)c3C2=O)C(=O)N1. The lowest BCUT2D eigenvalue weighted by atomic mass is 9.91. The van der Waals surface area contributed by atoms with Crippen LogP contribution in [0.4, 0.5) is 0 Å². The molecule has 2 unspecified atom stereocenters. The zero-order chi connectivity index (χ0) is 21.6. The molecule has 9 nitrogen and oxygen atoms in total. The van der Waals surface area contributed by atoms with Crippen LogP contribution < -0.4 is 10.6 Å². The number of benzene rings is 1. The third-order valence-electron chi connectivity index (χ3n) is 6.71. The molecule has 2 atom stereocenters. The zero-order valence-corrected chi connectivity index (χ0v) is 17.3. The number of piperidine rings is 2. The van der Waals surface area contributed by atoms with Crippen molar-refractivity contribution in [2.45, 2.75) is 43.9 Å². The fraction of sp³-hybridized carbons (Fsp3) is 0.545. The van der Waals surface area contributed by atoms with Crippen LogP contribution in [-0.4, -0.2) is 77.9 Å². The maximum absolute atomic E-state index is 13.3. The molecule has 1 aromatic carbocycles. The van der Waals surface area contributed by atoms with Gasteiger partial charge in [0.05, 0.1) is 23.3 Å². The minimum Gasteiger partial charge on any atom is -0.371 e. The first-order chi connectivity index (χ1) is 15.0. The van der Waals surface area contributed by atoms with Crippen LogP contribution in [0.25, 0.3) is 0 Å². The normalized spacial score (nSPS) is 29.4. The third-order valence-corrected chi connectivity index (χ3v) is 6.71. The van der Waals surface area contributed by atoms with E-state index >= 15 is 0 Å². The molecule has 4 amide bonds. The highest BCUT2D eigenvalue weighted by molar-refractivity contribution is 6.24. The van der Waals surface area contributed by atoms with E-state index in [-0.39, 0.29) is 24.3 Å². The maximum atomic E-state index is 13.3. The summed E-state index contributed by atoms with van der Waals surface area (Å²) in [5.74, 6) is -1.89. The molecule has 4 aliphatic heterocycles. The summed E-state index contributed by atoms with van der Waals surface area (Å²) in [4.78, 5) is 53.4. The summed E-state index contributed by atoms with van der Waals surface area (Å²) in [6, 6.07) is 4.35. The Morgan fingerprint density at radius 3 is 2.81 bits per heavy atom. The van der Waals surface area contributed by atoms with E-state index < -0.39 is 23.8 Å². The smallest absolute Gasteiger partial charge is 0.262 e. The van der Waals surface area contributed by atoms with E-state index in [1.165, 1.54) is 0 Å². The largest absolute Gasteiger partial charge is 0.371 e. The number of amides is 4. The number of carbonyl (C=O) groups is 4. The fourth-order valence-corrected chi connectivity index (χ4v) is 5.21. The van der Waals surface area contributed by atoms with Crippen molar-refractivity contribution in [2.24, 2.45) is 0 Å². The number of hydrogen-bond donors (Lipinski definition) is 2. The number of morpholine rings is 1. The van der Waals surface area contributed by atoms with E-state index in [0.29, 0.717) is 24.3 Å². The Hall–Kier alpha value is -2.62. The Bertz CT molecular complexity index is 950. The summed E-state index contributed by atoms with van der Waals surface area (Å²) >= 11 is 0. The van der Waals surface area contributed by atoms with Gasteiger partial charge >= 0.3 is 0 Å². The molecule has 4 heterocycles. The van der Waals surface area contributed by atoms with Crippen LogP contribution in [0.5, 0.6) is 0 Å². The van der Waals surface area contributed by atoms with Gasteiger partial charge in [-0.15, -0.1) is 0 Å². The minimum atomic E-state index is -0.946. The second kappa shape index (κ2) is 7.81. The molecule has 0 aliphatic carbocycles. The maximum Gasteiger partial charge on any atom is 0.262 e. The molecule has 0 radical (unpaired) electrons. The van der Waals surface area contributed by atoms with Gasteiger partial charge in [0.25, 0.3) is 11.8 Å². The van der Waals surface area contributed by atoms with Crippen molar-refractivity contribution >= 4 is 23.6 Å². The molecule has 5 rings (SSSR count). The average Bonchev–Trinajstić information content (AvgIpc) is 3.00. The van der Waals surface area contributed by atoms with Crippen molar-refractivity contribution in [3.05, 3.63) is 34.9 Å². The van der Waals surface area contributed by atoms with Crippen LogP contribution >= 0.6 is 0 Å². The van der Waals surface area contributed by atoms with Crippen molar-refractivity contribution in [3.8, 4) is 0 Å². The lowest BCUT2D eigenvalue weighted by Gasteiger charge is -2.45. The molecule has 0 saturated carbocycles. The molecule has 31 heavy (non-hydrogen) atoms. The quantitative estimate of drug-likeness (QED) is 0.657. The van der Waals surface area contributed by atoms with Crippen LogP contribution in [-0.2, 0) is 20.9 Å². The van der Waals surface area contributed by atoms with Gasteiger partial charge in [-0.05, 0) is 37.4 Å². The highest BCUT2D eigenvalue weighted by atomic mass is 16.5. The van der Waals surface area contributed by atoms with Gasteiger partial charge in [0.1, 0.15) is 6.04 Å². The van der Waals surface area contributed by atoms with Gasteiger partial charge in [-0.2, -0.15) is 0 Å². The lowest BCUT2D eigenvalue weighted by Crippen LogP contribution is -2.58. The summed E-state index contributed by atoms with van der Waals surface area (Å²) < 4.78 is 6.12. The first-order valence-electron chi connectivity index (χ1n) is 10.9. The number of ether oxygens (including phenoxy) is 1. The van der Waals surface area contributed by atoms with Crippen molar-refractivity contribution in [2.75, 3.05) is 32.8 Å². The number of nitrogens with zero attached hydrogens (tertiary/aromatic N) is 2. The molecule has 0 aromatic heterocycles. The Labute approximate surface area is 180 Å². The minimum absolute atomic E-state index is 0.112. The Kier molecular flexibility index (Phi) is 5.11. The molecule has 9 heteroatoms. The second-order valence-corrected chi connectivity index (χ2v) is 8.81. The highest BCUT2D eigenvalue weighted by Gasteiger charge is 2.46. The van der Waals surface area contributed by atoms with Gasteiger partial charge in [0.2, 0.25) is 11.8 Å². The molecule has 164 valence electrons. The third kappa shape index (κ3) is 3.56. The van der Waals surface area contributed by atoms with Crippen molar-refractivity contribution in [1.82, 2.24) is 20.4 Å². The van der Waals surface area contributed by atoms with Gasteiger partial charge < -0.3 is 10.1 Å². The van der Waals surface area contributed by atoms with Gasteiger partial charge in [0.15, 0.2) is 0 Å². The van der Waals surface area contributed by atoms with Gasteiger partial charge in [-0.25, -0.2) is 0 Å². The van der Waals surface area contributed by atoms with Crippen LogP contribution in [0.15, 0.2) is 18.2 Å². The Balaban J connectivity index is 1.38. The number of rotatable bonds is 3. The zero-order valence-electron chi connectivity index (χ0n) is 17.3. The number of fused-ring (bicyclic) bond motifs is 1.